The van der Waals surface area contributed by atoms with E-state index in [9.17, 15) is 20.4 Å². The van der Waals surface area contributed by atoms with Crippen LogP contribution in [0.15, 0.2) is 0 Å². The second-order valence-corrected chi connectivity index (χ2v) is 15.4. The average Bonchev–Trinajstić information content (AvgIpc) is 3.38. The lowest BCUT2D eigenvalue weighted by Gasteiger charge is -2.61. The Balaban J connectivity index is 1.23. The van der Waals surface area contributed by atoms with Gasteiger partial charge in [0.05, 0.1) is 12.7 Å². The molecule has 5 aliphatic rings. The molecule has 0 radical (unpaired) electrons. The van der Waals surface area contributed by atoms with Crippen LogP contribution in [0.5, 0.6) is 0 Å². The first-order chi connectivity index (χ1) is 18.5. The van der Waals surface area contributed by atoms with Crippen LogP contribution in [0, 0.1) is 52.3 Å². The van der Waals surface area contributed by atoms with Gasteiger partial charge in [0, 0.05) is 0 Å². The number of rotatable bonds is 9. The van der Waals surface area contributed by atoms with E-state index in [1.807, 2.05) is 0 Å². The van der Waals surface area contributed by atoms with Gasteiger partial charge in [-0.25, -0.2) is 0 Å². The van der Waals surface area contributed by atoms with Gasteiger partial charge in [-0.2, -0.15) is 0 Å². The summed E-state index contributed by atoms with van der Waals surface area (Å²) >= 11 is 0. The van der Waals surface area contributed by atoms with Gasteiger partial charge in [-0.3, -0.25) is 0 Å². The molecule has 4 aliphatic carbocycles. The van der Waals surface area contributed by atoms with E-state index >= 15 is 0 Å². The molecule has 5 rings (SSSR count). The summed E-state index contributed by atoms with van der Waals surface area (Å²) in [5.41, 5.74) is 0.829. The summed E-state index contributed by atoms with van der Waals surface area (Å²) in [6.07, 6.45) is 11.5. The average molecular weight is 551 g/mol. The van der Waals surface area contributed by atoms with Gasteiger partial charge in [0.25, 0.3) is 0 Å². The summed E-state index contributed by atoms with van der Waals surface area (Å²) in [7, 11) is 0. The van der Waals surface area contributed by atoms with Crippen LogP contribution >= 0.6 is 0 Å². The molecule has 6 nitrogen and oxygen atoms in total. The van der Waals surface area contributed by atoms with Crippen LogP contribution in [0.3, 0.4) is 0 Å². The minimum absolute atomic E-state index is 0.123. The molecule has 6 heteroatoms. The van der Waals surface area contributed by atoms with Crippen molar-refractivity contribution in [3.63, 3.8) is 0 Å². The zero-order valence-electron chi connectivity index (χ0n) is 25.4. The smallest absolute Gasteiger partial charge is 0.221 e. The van der Waals surface area contributed by atoms with E-state index in [0.29, 0.717) is 16.7 Å². The van der Waals surface area contributed by atoms with Crippen molar-refractivity contribution in [1.29, 1.82) is 0 Å². The summed E-state index contributed by atoms with van der Waals surface area (Å²) < 4.78 is 12.0. The van der Waals surface area contributed by atoms with Gasteiger partial charge >= 0.3 is 0 Å². The molecule has 0 amide bonds. The second-order valence-electron chi connectivity index (χ2n) is 15.4. The molecule has 0 aromatic carbocycles. The highest BCUT2D eigenvalue weighted by atomic mass is 16.7. The number of fused-ring (bicyclic) bond motifs is 5. The van der Waals surface area contributed by atoms with E-state index in [1.54, 1.807) is 0 Å². The Bertz CT molecular complexity index is 835. The fourth-order valence-electron chi connectivity index (χ4n) is 10.9. The van der Waals surface area contributed by atoms with Crippen molar-refractivity contribution in [1.82, 2.24) is 0 Å². The van der Waals surface area contributed by atoms with Gasteiger partial charge in [-0.05, 0) is 110 Å². The van der Waals surface area contributed by atoms with Gasteiger partial charge in [0.15, 0.2) is 0 Å². The molecule has 4 N–H and O–H groups in total. The van der Waals surface area contributed by atoms with Crippen molar-refractivity contribution >= 4 is 0 Å². The van der Waals surface area contributed by atoms with Crippen LogP contribution in [0.25, 0.3) is 0 Å². The Hall–Kier alpha value is -0.240. The topological polar surface area (TPSA) is 99.4 Å². The van der Waals surface area contributed by atoms with Gasteiger partial charge in [0.2, 0.25) is 5.79 Å². The third-order valence-corrected chi connectivity index (χ3v) is 13.1. The summed E-state index contributed by atoms with van der Waals surface area (Å²) in [5, 5.41) is 40.6. The number of hydrogen-bond donors (Lipinski definition) is 4. The lowest BCUT2D eigenvalue weighted by Crippen LogP contribution is -2.56. The van der Waals surface area contributed by atoms with Crippen molar-refractivity contribution in [2.24, 2.45) is 52.3 Å². The van der Waals surface area contributed by atoms with Crippen molar-refractivity contribution < 1.29 is 29.9 Å². The molecule has 0 spiro atoms. The fraction of sp³-hybridized carbons (Fsp3) is 1.00. The molecule has 13 atom stereocenters. The third-order valence-electron chi connectivity index (χ3n) is 13.1. The Morgan fingerprint density at radius 3 is 2.26 bits per heavy atom. The number of hydrogen-bond acceptors (Lipinski definition) is 6. The highest BCUT2D eigenvalue weighted by molar-refractivity contribution is 5.10. The van der Waals surface area contributed by atoms with E-state index < -0.39 is 37.3 Å². The summed E-state index contributed by atoms with van der Waals surface area (Å²) in [6.45, 7) is 11.5. The van der Waals surface area contributed by atoms with Crippen LogP contribution < -0.4 is 0 Å². The van der Waals surface area contributed by atoms with Gasteiger partial charge in [0.1, 0.15) is 24.9 Å². The monoisotopic (exact) mass is 550 g/mol. The second kappa shape index (κ2) is 11.4. The minimum atomic E-state index is -1.65. The molecule has 1 saturated heterocycles. The van der Waals surface area contributed by atoms with Crippen LogP contribution in [-0.2, 0) is 9.47 Å². The van der Waals surface area contributed by atoms with E-state index in [0.717, 1.165) is 54.8 Å². The maximum atomic E-state index is 10.7. The highest BCUT2D eigenvalue weighted by Crippen LogP contribution is 2.68. The first-order valence-electron chi connectivity index (χ1n) is 16.4. The zero-order chi connectivity index (χ0) is 28.2. The normalized spacial score (nSPS) is 50.5. The summed E-state index contributed by atoms with van der Waals surface area (Å²) in [5.74, 6) is 3.95. The third kappa shape index (κ3) is 5.16. The molecular weight excluding hydrogens is 492 g/mol. The number of aliphatic hydroxyl groups excluding tert-OH is 4. The Kier molecular flexibility index (Phi) is 8.87. The Morgan fingerprint density at radius 1 is 0.872 bits per heavy atom. The molecule has 5 fully saturated rings. The Labute approximate surface area is 237 Å². The molecule has 0 unspecified atom stereocenters. The predicted molar refractivity (Wildman–Crippen MR) is 152 cm³/mol. The van der Waals surface area contributed by atoms with Crippen molar-refractivity contribution in [3.8, 4) is 0 Å². The molecule has 0 bridgehead atoms. The molecule has 1 aliphatic heterocycles. The van der Waals surface area contributed by atoms with Gasteiger partial charge < -0.3 is 29.9 Å². The van der Waals surface area contributed by atoms with Crippen LogP contribution in [0.2, 0.25) is 0 Å². The number of ether oxygens (including phenoxy) is 2. The van der Waals surface area contributed by atoms with E-state index in [4.69, 9.17) is 9.47 Å². The molecular formula is C33H58O6. The van der Waals surface area contributed by atoms with Crippen LogP contribution in [0.1, 0.15) is 112 Å². The SMILES string of the molecule is CC(C)CCC[C@@H](C)[C@H]1CC[C@H]2[C@@H]3CC[C@H]4C[C@H](O[C@]5(CO)O[C@H](CO)[C@@H](O)[C@@H]5O)CC[C@]4(C)[C@H]3CC[C@]12C. The first-order valence-corrected chi connectivity index (χ1v) is 16.4. The molecule has 0 aromatic heterocycles. The quantitative estimate of drug-likeness (QED) is 0.311. The van der Waals surface area contributed by atoms with Crippen molar-refractivity contribution in [2.45, 2.75) is 142 Å². The van der Waals surface area contributed by atoms with E-state index in [2.05, 4.69) is 34.6 Å². The highest BCUT2D eigenvalue weighted by Gasteiger charge is 2.62. The molecule has 39 heavy (non-hydrogen) atoms. The zero-order valence-corrected chi connectivity index (χ0v) is 25.4. The maximum Gasteiger partial charge on any atom is 0.221 e. The summed E-state index contributed by atoms with van der Waals surface area (Å²) in [4.78, 5) is 0. The molecule has 4 saturated carbocycles. The number of aliphatic hydroxyl groups is 4. The van der Waals surface area contributed by atoms with Gasteiger partial charge in [-0.15, -0.1) is 0 Å². The predicted octanol–water partition coefficient (Wildman–Crippen LogP) is 5.29. The first kappa shape index (κ1) is 30.2. The largest absolute Gasteiger partial charge is 0.394 e. The van der Waals surface area contributed by atoms with Crippen LogP contribution in [0.4, 0.5) is 0 Å². The fourth-order valence-corrected chi connectivity index (χ4v) is 10.9. The Morgan fingerprint density at radius 2 is 1.59 bits per heavy atom. The molecule has 0 aromatic rings. The van der Waals surface area contributed by atoms with Gasteiger partial charge in [-0.1, -0.05) is 53.9 Å². The van der Waals surface area contributed by atoms with Crippen LogP contribution in [-0.4, -0.2) is 63.8 Å². The van der Waals surface area contributed by atoms with E-state index in [-0.39, 0.29) is 6.10 Å². The minimum Gasteiger partial charge on any atom is -0.394 e. The summed E-state index contributed by atoms with van der Waals surface area (Å²) in [6, 6.07) is 0. The maximum absolute atomic E-state index is 10.7. The molecule has 226 valence electrons. The lowest BCUT2D eigenvalue weighted by molar-refractivity contribution is -0.303. The van der Waals surface area contributed by atoms with Crippen molar-refractivity contribution in [2.75, 3.05) is 13.2 Å². The van der Waals surface area contributed by atoms with Crippen molar-refractivity contribution in [3.05, 3.63) is 0 Å². The van der Waals surface area contributed by atoms with E-state index in [1.165, 1.54) is 57.8 Å². The molecule has 1 heterocycles. The lowest BCUT2D eigenvalue weighted by atomic mass is 9.44. The standard InChI is InChI=1S/C33H58O6/c1-20(2)7-6-8-21(3)25-11-12-26-24-10-9-22-17-23(13-15-31(22,4)27(24)14-16-32(25,26)5)38-33(19-35)30(37)29(36)28(18-34)39-33/h20-30,34-37H,6-19H2,1-5H3/t21-,22+,23-,24+,25-,26+,27+,28-,29-,30+,31+,32-,33-/m1/s1.